The van der Waals surface area contributed by atoms with Gasteiger partial charge in [0.1, 0.15) is 0 Å². The van der Waals surface area contributed by atoms with Crippen molar-refractivity contribution in [2.24, 2.45) is 7.05 Å². The van der Waals surface area contributed by atoms with Crippen molar-refractivity contribution >= 4 is 32.8 Å². The Balaban J connectivity index is 2.51. The van der Waals surface area contributed by atoms with Crippen molar-refractivity contribution in [3.8, 4) is 0 Å². The lowest BCUT2D eigenvalue weighted by molar-refractivity contribution is -0.137. The van der Waals surface area contributed by atoms with Crippen molar-refractivity contribution in [3.05, 3.63) is 34.4 Å². The predicted octanol–water partition coefficient (Wildman–Crippen LogP) is 3.52. The molecule has 2 rings (SSSR count). The summed E-state index contributed by atoms with van der Waals surface area (Å²) in [5, 5.41) is 9.98. The van der Waals surface area contributed by atoms with Crippen LogP contribution < -0.4 is 0 Å². The molecule has 2 aromatic rings. The summed E-state index contributed by atoms with van der Waals surface area (Å²) < 4.78 is 3.07. The third-order valence-electron chi connectivity index (χ3n) is 3.00. The number of carboxylic acids is 1. The van der Waals surface area contributed by atoms with Gasteiger partial charge in [0.2, 0.25) is 0 Å². The standard InChI is InChI=1S/C13H14BrNO2/c1-8(5-13(16)17)11-7-15(2)12-6-9(14)3-4-10(11)12/h3-4,6-8H,5H2,1-2H3,(H,16,17). The Bertz CT molecular complexity index is 574. The molecule has 90 valence electrons. The molecule has 3 nitrogen and oxygen atoms in total. The minimum Gasteiger partial charge on any atom is -0.481 e. The van der Waals surface area contributed by atoms with Gasteiger partial charge in [0, 0.05) is 28.6 Å². The van der Waals surface area contributed by atoms with Gasteiger partial charge in [-0.2, -0.15) is 0 Å². The topological polar surface area (TPSA) is 42.2 Å². The molecular formula is C13H14BrNO2. The maximum Gasteiger partial charge on any atom is 0.303 e. The minimum absolute atomic E-state index is 0.0253. The number of fused-ring (bicyclic) bond motifs is 1. The molecule has 0 aliphatic heterocycles. The monoisotopic (exact) mass is 295 g/mol. The number of hydrogen-bond donors (Lipinski definition) is 1. The molecule has 4 heteroatoms. The van der Waals surface area contributed by atoms with Gasteiger partial charge in [0.05, 0.1) is 6.42 Å². The van der Waals surface area contributed by atoms with E-state index >= 15 is 0 Å². The fourth-order valence-electron chi connectivity index (χ4n) is 2.15. The van der Waals surface area contributed by atoms with E-state index in [0.717, 1.165) is 20.9 Å². The van der Waals surface area contributed by atoms with Crippen LogP contribution in [-0.2, 0) is 11.8 Å². The largest absolute Gasteiger partial charge is 0.481 e. The van der Waals surface area contributed by atoms with E-state index in [-0.39, 0.29) is 12.3 Å². The fraction of sp³-hybridized carbons (Fsp3) is 0.308. The number of halogens is 1. The molecule has 1 unspecified atom stereocenters. The first-order valence-corrected chi connectivity index (χ1v) is 6.24. The van der Waals surface area contributed by atoms with Crippen LogP contribution in [0.15, 0.2) is 28.9 Å². The summed E-state index contributed by atoms with van der Waals surface area (Å²) in [6.07, 6.45) is 2.18. The Kier molecular flexibility index (Phi) is 3.24. The zero-order valence-corrected chi connectivity index (χ0v) is 11.4. The second kappa shape index (κ2) is 4.53. The van der Waals surface area contributed by atoms with Crippen molar-refractivity contribution < 1.29 is 9.90 Å². The zero-order valence-electron chi connectivity index (χ0n) is 9.77. The number of hydrogen-bond acceptors (Lipinski definition) is 1. The molecule has 0 aliphatic rings. The molecule has 1 aromatic heterocycles. The summed E-state index contributed by atoms with van der Waals surface area (Å²) in [5.41, 5.74) is 2.21. The number of carboxylic acid groups (broad SMARTS) is 1. The highest BCUT2D eigenvalue weighted by Gasteiger charge is 2.15. The van der Waals surface area contributed by atoms with Gasteiger partial charge in [-0.25, -0.2) is 0 Å². The van der Waals surface area contributed by atoms with Crippen LogP contribution in [0.3, 0.4) is 0 Å². The molecule has 0 spiro atoms. The van der Waals surface area contributed by atoms with Crippen LogP contribution in [0.5, 0.6) is 0 Å². The average Bonchev–Trinajstić information content (AvgIpc) is 2.55. The van der Waals surface area contributed by atoms with Crippen molar-refractivity contribution in [1.29, 1.82) is 0 Å². The highest BCUT2D eigenvalue weighted by Crippen LogP contribution is 2.30. The van der Waals surface area contributed by atoms with Crippen LogP contribution in [-0.4, -0.2) is 15.6 Å². The lowest BCUT2D eigenvalue weighted by Gasteiger charge is -2.06. The van der Waals surface area contributed by atoms with E-state index in [0.29, 0.717) is 0 Å². The van der Waals surface area contributed by atoms with Gasteiger partial charge in [0.25, 0.3) is 0 Å². The first kappa shape index (κ1) is 12.2. The van der Waals surface area contributed by atoms with E-state index in [4.69, 9.17) is 5.11 Å². The number of nitrogens with zero attached hydrogens (tertiary/aromatic N) is 1. The summed E-state index contributed by atoms with van der Waals surface area (Å²) in [4.78, 5) is 10.8. The van der Waals surface area contributed by atoms with Crippen LogP contribution in [0.1, 0.15) is 24.8 Å². The van der Waals surface area contributed by atoms with Gasteiger partial charge < -0.3 is 9.67 Å². The number of benzene rings is 1. The molecule has 0 fully saturated rings. The van der Waals surface area contributed by atoms with Gasteiger partial charge in [-0.15, -0.1) is 0 Å². The molecule has 0 aliphatic carbocycles. The van der Waals surface area contributed by atoms with Crippen molar-refractivity contribution in [2.45, 2.75) is 19.3 Å². The van der Waals surface area contributed by atoms with E-state index < -0.39 is 5.97 Å². The van der Waals surface area contributed by atoms with Crippen LogP contribution in [0.4, 0.5) is 0 Å². The highest BCUT2D eigenvalue weighted by atomic mass is 79.9. The van der Waals surface area contributed by atoms with Crippen LogP contribution in [0, 0.1) is 0 Å². The molecule has 0 saturated heterocycles. The molecule has 17 heavy (non-hydrogen) atoms. The molecule has 0 saturated carbocycles. The summed E-state index contributed by atoms with van der Waals surface area (Å²) in [5.74, 6) is -0.732. The summed E-state index contributed by atoms with van der Waals surface area (Å²) >= 11 is 3.45. The lowest BCUT2D eigenvalue weighted by atomic mass is 9.97. The Morgan fingerprint density at radius 3 is 2.88 bits per heavy atom. The van der Waals surface area contributed by atoms with Gasteiger partial charge in [-0.05, 0) is 23.6 Å². The molecule has 0 radical (unpaired) electrons. The van der Waals surface area contributed by atoms with E-state index in [1.807, 2.05) is 42.9 Å². The summed E-state index contributed by atoms with van der Waals surface area (Å²) in [6.45, 7) is 1.95. The minimum atomic E-state index is -0.758. The maximum absolute atomic E-state index is 10.8. The number of rotatable bonds is 3. The Morgan fingerprint density at radius 1 is 1.53 bits per heavy atom. The zero-order chi connectivity index (χ0) is 12.6. The van der Waals surface area contributed by atoms with Gasteiger partial charge in [-0.1, -0.05) is 28.9 Å². The van der Waals surface area contributed by atoms with E-state index in [1.165, 1.54) is 0 Å². The van der Waals surface area contributed by atoms with Crippen LogP contribution in [0.2, 0.25) is 0 Å². The second-order valence-corrected chi connectivity index (χ2v) is 5.27. The molecule has 0 bridgehead atoms. The van der Waals surface area contributed by atoms with Gasteiger partial charge in [-0.3, -0.25) is 4.79 Å². The average molecular weight is 296 g/mol. The third kappa shape index (κ3) is 2.36. The number of aliphatic carboxylic acids is 1. The normalized spacial score (nSPS) is 12.9. The van der Waals surface area contributed by atoms with Gasteiger partial charge >= 0.3 is 5.97 Å². The summed E-state index contributed by atoms with van der Waals surface area (Å²) in [7, 11) is 1.98. The van der Waals surface area contributed by atoms with Crippen LogP contribution >= 0.6 is 15.9 Å². The van der Waals surface area contributed by atoms with Gasteiger partial charge in [0.15, 0.2) is 0 Å². The molecule has 1 atom stereocenters. The SMILES string of the molecule is CC(CC(=O)O)c1cn(C)c2cc(Br)ccc12. The molecule has 1 heterocycles. The number of aromatic nitrogens is 1. The first-order valence-electron chi connectivity index (χ1n) is 5.45. The quantitative estimate of drug-likeness (QED) is 0.941. The number of aryl methyl sites for hydroxylation is 1. The Labute approximate surface area is 108 Å². The molecular weight excluding hydrogens is 282 g/mol. The number of carbonyl (C=O) groups is 1. The van der Waals surface area contributed by atoms with E-state index in [2.05, 4.69) is 15.9 Å². The maximum atomic E-state index is 10.8. The Hall–Kier alpha value is -1.29. The fourth-order valence-corrected chi connectivity index (χ4v) is 2.50. The summed E-state index contributed by atoms with van der Waals surface area (Å²) in [6, 6.07) is 6.07. The smallest absolute Gasteiger partial charge is 0.303 e. The molecule has 1 N–H and O–H groups in total. The van der Waals surface area contributed by atoms with Crippen molar-refractivity contribution in [1.82, 2.24) is 4.57 Å². The highest BCUT2D eigenvalue weighted by molar-refractivity contribution is 9.10. The third-order valence-corrected chi connectivity index (χ3v) is 3.49. The van der Waals surface area contributed by atoms with E-state index in [1.54, 1.807) is 0 Å². The van der Waals surface area contributed by atoms with Crippen LogP contribution in [0.25, 0.3) is 10.9 Å². The lowest BCUT2D eigenvalue weighted by Crippen LogP contribution is -2.02. The first-order chi connectivity index (χ1) is 7.99. The van der Waals surface area contributed by atoms with E-state index in [9.17, 15) is 4.79 Å². The Morgan fingerprint density at radius 2 is 2.24 bits per heavy atom. The van der Waals surface area contributed by atoms with Crippen molar-refractivity contribution in [2.75, 3.05) is 0 Å². The second-order valence-electron chi connectivity index (χ2n) is 4.36. The molecule has 0 amide bonds. The molecule has 1 aromatic carbocycles. The predicted molar refractivity (Wildman–Crippen MR) is 71.3 cm³/mol. The van der Waals surface area contributed by atoms with Crippen molar-refractivity contribution in [3.63, 3.8) is 0 Å².